The molecule has 1 unspecified atom stereocenters. The first-order chi connectivity index (χ1) is 17.9. The predicted octanol–water partition coefficient (Wildman–Crippen LogP) is 5.22. The van der Waals surface area contributed by atoms with E-state index in [1.165, 1.54) is 36.8 Å². The van der Waals surface area contributed by atoms with Gasteiger partial charge in [0.1, 0.15) is 15.3 Å². The first-order valence-electron chi connectivity index (χ1n) is 13.1. The van der Waals surface area contributed by atoms with E-state index in [9.17, 15) is 5.11 Å². The molecule has 4 aromatic rings. The molecule has 1 atom stereocenters. The molecule has 1 N–H and O–H groups in total. The van der Waals surface area contributed by atoms with Crippen LogP contribution in [-0.2, 0) is 32.6 Å². The summed E-state index contributed by atoms with van der Waals surface area (Å²) in [4.78, 5) is 0. The topological polar surface area (TPSA) is 91.5 Å². The first kappa shape index (κ1) is 26.4. The summed E-state index contributed by atoms with van der Waals surface area (Å²) in [6.45, 7) is 7.84. The van der Waals surface area contributed by atoms with Gasteiger partial charge in [-0.2, -0.15) is 20.4 Å². The Hall–Kier alpha value is -2.24. The van der Waals surface area contributed by atoms with Crippen molar-refractivity contribution < 1.29 is 5.11 Å². The lowest BCUT2D eigenvalue weighted by Crippen LogP contribution is -2.01. The number of aliphatic hydroxyl groups excluding tert-OH is 1. The van der Waals surface area contributed by atoms with Crippen LogP contribution in [-0.4, -0.2) is 44.2 Å². The van der Waals surface area contributed by atoms with Crippen molar-refractivity contribution in [1.29, 1.82) is 0 Å². The van der Waals surface area contributed by atoms with Crippen molar-refractivity contribution >= 4 is 31.9 Å². The minimum Gasteiger partial charge on any atom is -0.383 e. The highest BCUT2D eigenvalue weighted by atomic mass is 79.9. The number of hydrogen-bond donors (Lipinski definition) is 1. The van der Waals surface area contributed by atoms with Crippen LogP contribution in [0.1, 0.15) is 67.9 Å². The third-order valence-corrected chi connectivity index (χ3v) is 8.09. The van der Waals surface area contributed by atoms with Crippen molar-refractivity contribution in [2.24, 2.45) is 11.8 Å². The second-order valence-electron chi connectivity index (χ2n) is 10.1. The molecule has 6 rings (SSSR count). The van der Waals surface area contributed by atoms with Gasteiger partial charge in [0.05, 0.1) is 12.4 Å². The zero-order valence-electron chi connectivity index (χ0n) is 21.3. The number of aryl methyl sites for hydroxylation is 2. The summed E-state index contributed by atoms with van der Waals surface area (Å²) in [6.07, 6.45) is 17.3. The molecule has 0 radical (unpaired) electrons. The molecule has 2 saturated carbocycles. The summed E-state index contributed by atoms with van der Waals surface area (Å²) < 4.78 is 9.39. The number of rotatable bonds is 10. The van der Waals surface area contributed by atoms with Crippen LogP contribution in [0.5, 0.6) is 0 Å². The van der Waals surface area contributed by atoms with Crippen LogP contribution in [0.15, 0.2) is 46.4 Å². The van der Waals surface area contributed by atoms with Crippen LogP contribution < -0.4 is 0 Å². The molecule has 37 heavy (non-hydrogen) atoms. The second kappa shape index (κ2) is 11.7. The van der Waals surface area contributed by atoms with Crippen molar-refractivity contribution in [1.82, 2.24) is 39.1 Å². The van der Waals surface area contributed by atoms with Gasteiger partial charge in [0.25, 0.3) is 0 Å². The van der Waals surface area contributed by atoms with Crippen LogP contribution in [0.3, 0.4) is 0 Å². The maximum atomic E-state index is 10.4. The molecule has 2 fully saturated rings. The minimum atomic E-state index is -0.678. The van der Waals surface area contributed by atoms with E-state index < -0.39 is 6.10 Å². The predicted molar refractivity (Wildman–Crippen MR) is 148 cm³/mol. The molecule has 4 heterocycles. The highest BCUT2D eigenvalue weighted by molar-refractivity contribution is 9.10. The van der Waals surface area contributed by atoms with E-state index in [1.54, 1.807) is 10.9 Å². The number of aromatic nitrogens is 8. The summed E-state index contributed by atoms with van der Waals surface area (Å²) in [5, 5.41) is 27.8. The fourth-order valence-corrected chi connectivity index (χ4v) is 5.19. The zero-order valence-corrected chi connectivity index (χ0v) is 24.5. The smallest absolute Gasteiger partial charge is 0.134 e. The highest BCUT2D eigenvalue weighted by Crippen LogP contribution is 2.32. The van der Waals surface area contributed by atoms with Gasteiger partial charge >= 0.3 is 0 Å². The van der Waals surface area contributed by atoms with Crippen molar-refractivity contribution in [3.63, 3.8) is 0 Å². The van der Waals surface area contributed by atoms with Gasteiger partial charge in [-0.25, -0.2) is 0 Å². The van der Waals surface area contributed by atoms with Crippen molar-refractivity contribution in [3.8, 4) is 0 Å². The van der Waals surface area contributed by atoms with Gasteiger partial charge in [-0.15, -0.1) is 0 Å². The quantitative estimate of drug-likeness (QED) is 0.259. The Morgan fingerprint density at radius 2 is 1.41 bits per heavy atom. The monoisotopic (exact) mass is 632 g/mol. The Morgan fingerprint density at radius 1 is 0.811 bits per heavy atom. The van der Waals surface area contributed by atoms with Gasteiger partial charge in [0.15, 0.2) is 0 Å². The lowest BCUT2D eigenvalue weighted by molar-refractivity contribution is 0.219. The summed E-state index contributed by atoms with van der Waals surface area (Å²) in [5.41, 5.74) is 4.08. The summed E-state index contributed by atoms with van der Waals surface area (Å²) >= 11 is 6.91. The van der Waals surface area contributed by atoms with Crippen LogP contribution in [0, 0.1) is 11.8 Å². The fraction of sp³-hybridized carbons (Fsp3) is 0.538. The number of hydrogen-bond acceptors (Lipinski definition) is 5. The molecule has 0 aromatic carbocycles. The fourth-order valence-electron chi connectivity index (χ4n) is 4.23. The molecule has 0 aliphatic heterocycles. The second-order valence-corrected chi connectivity index (χ2v) is 11.6. The van der Waals surface area contributed by atoms with Gasteiger partial charge in [0.2, 0.25) is 0 Å². The van der Waals surface area contributed by atoms with E-state index >= 15 is 0 Å². The first-order valence-corrected chi connectivity index (χ1v) is 14.7. The van der Waals surface area contributed by atoms with Crippen LogP contribution in [0.2, 0.25) is 0 Å². The molecule has 4 aromatic heterocycles. The maximum Gasteiger partial charge on any atom is 0.134 e. The Labute approximate surface area is 234 Å². The van der Waals surface area contributed by atoms with Crippen molar-refractivity contribution in [2.75, 3.05) is 0 Å². The average Bonchev–Trinajstić information content (AvgIpc) is 3.68. The molecule has 0 amide bonds. The van der Waals surface area contributed by atoms with Gasteiger partial charge in [-0.1, -0.05) is 0 Å². The Morgan fingerprint density at radius 3 is 2.00 bits per heavy atom. The van der Waals surface area contributed by atoms with Crippen molar-refractivity contribution in [2.45, 2.75) is 78.2 Å². The molecular formula is C26H34Br2N8O. The molecule has 11 heteroatoms. The zero-order chi connectivity index (χ0) is 25.9. The number of nitrogens with zero attached hydrogens (tertiary/aromatic N) is 8. The summed E-state index contributed by atoms with van der Waals surface area (Å²) in [5.74, 6) is 1.65. The average molecular weight is 634 g/mol. The maximum absolute atomic E-state index is 10.4. The molecule has 0 bridgehead atoms. The van der Waals surface area contributed by atoms with E-state index in [4.69, 9.17) is 0 Å². The Kier molecular flexibility index (Phi) is 8.31. The molecule has 2 aliphatic rings. The SMILES string of the molecule is CCn1cc(C(O)c2cnn(CC3CC3)c2)c(Br)n1.CCn1cc(Cc2cnn(CC3CC3)c2)c(Br)n1. The lowest BCUT2D eigenvalue weighted by atomic mass is 10.1. The third-order valence-electron chi connectivity index (χ3n) is 6.81. The van der Waals surface area contributed by atoms with Gasteiger partial charge in [-0.3, -0.25) is 18.7 Å². The van der Waals surface area contributed by atoms with E-state index in [0.29, 0.717) is 4.60 Å². The van der Waals surface area contributed by atoms with Gasteiger partial charge < -0.3 is 5.11 Å². The molecule has 0 saturated heterocycles. The molecular weight excluding hydrogens is 600 g/mol. The highest BCUT2D eigenvalue weighted by Gasteiger charge is 2.24. The summed E-state index contributed by atoms with van der Waals surface area (Å²) in [7, 11) is 0. The van der Waals surface area contributed by atoms with Crippen LogP contribution in [0.4, 0.5) is 0 Å². The molecule has 198 valence electrons. The standard InChI is InChI=1S/C13H17BrN4O.C13H17BrN4/c1-2-17-8-11(13(14)16-17)12(19)10-5-15-18(7-10)6-9-3-4-9;1-2-17-9-12(13(14)16-17)5-11-6-15-18(8-11)7-10-3-4-10/h5,7-9,12,19H,2-4,6H2,1H3;6,8-10H,2-5,7H2,1H3. The number of halogens is 2. The Balaban J connectivity index is 0.000000152. The molecule has 9 nitrogen and oxygen atoms in total. The van der Waals surface area contributed by atoms with E-state index in [1.807, 2.05) is 34.9 Å². The molecule has 2 aliphatic carbocycles. The van der Waals surface area contributed by atoms with E-state index in [0.717, 1.165) is 60.2 Å². The lowest BCUT2D eigenvalue weighted by Gasteiger charge is -2.05. The van der Waals surface area contributed by atoms with Crippen molar-refractivity contribution in [3.05, 3.63) is 68.6 Å². The summed E-state index contributed by atoms with van der Waals surface area (Å²) in [6, 6.07) is 0. The largest absolute Gasteiger partial charge is 0.383 e. The van der Waals surface area contributed by atoms with E-state index in [2.05, 4.69) is 76.3 Å². The molecule has 0 spiro atoms. The van der Waals surface area contributed by atoms with Gasteiger partial charge in [0, 0.05) is 74.1 Å². The Bertz CT molecular complexity index is 1310. The third kappa shape index (κ3) is 7.00. The van der Waals surface area contributed by atoms with Crippen LogP contribution >= 0.6 is 31.9 Å². The normalized spacial score (nSPS) is 16.0. The van der Waals surface area contributed by atoms with E-state index in [-0.39, 0.29) is 0 Å². The van der Waals surface area contributed by atoms with Gasteiger partial charge in [-0.05, 0) is 88.8 Å². The van der Waals surface area contributed by atoms with Crippen LogP contribution in [0.25, 0.3) is 0 Å². The number of aliphatic hydroxyl groups is 1. The minimum absolute atomic E-state index is 0.678.